The maximum Gasteiger partial charge on any atom is 0.263 e. The number of carbonyl (C=O) groups is 1. The predicted molar refractivity (Wildman–Crippen MR) is 174 cm³/mol. The Morgan fingerprint density at radius 1 is 0.864 bits per heavy atom. The van der Waals surface area contributed by atoms with Crippen molar-refractivity contribution in [1.82, 2.24) is 19.8 Å². The van der Waals surface area contributed by atoms with Gasteiger partial charge < -0.3 is 20.6 Å². The number of pyridine rings is 1. The van der Waals surface area contributed by atoms with E-state index in [1.54, 1.807) is 35.4 Å². The fourth-order valence-electron chi connectivity index (χ4n) is 4.96. The Kier molecular flexibility index (Phi) is 8.70. The molecule has 0 aliphatic carbocycles. The molecule has 6 rings (SSSR count). The Morgan fingerprint density at radius 2 is 1.61 bits per heavy atom. The Balaban J connectivity index is 1.14. The summed E-state index contributed by atoms with van der Waals surface area (Å²) in [7, 11) is -3.91. The molecule has 13 heteroatoms. The molecule has 0 atom stereocenters. The van der Waals surface area contributed by atoms with Crippen LogP contribution in [-0.4, -0.2) is 78.5 Å². The number of thiazole rings is 1. The van der Waals surface area contributed by atoms with Crippen LogP contribution >= 0.6 is 11.3 Å². The molecule has 1 amide bonds. The van der Waals surface area contributed by atoms with Crippen molar-refractivity contribution in [2.75, 3.05) is 54.7 Å². The topological polar surface area (TPSA) is 140 Å². The number of sulfonamides is 1. The minimum Gasteiger partial charge on any atom is -0.395 e. The number of hydrogen-bond donors (Lipinski definition) is 4. The van der Waals surface area contributed by atoms with Crippen molar-refractivity contribution in [1.29, 1.82) is 0 Å². The highest BCUT2D eigenvalue weighted by Gasteiger charge is 2.24. The Morgan fingerprint density at radius 3 is 2.36 bits per heavy atom. The van der Waals surface area contributed by atoms with Gasteiger partial charge in [0.15, 0.2) is 5.13 Å². The minimum absolute atomic E-state index is 0.0722. The van der Waals surface area contributed by atoms with Gasteiger partial charge in [-0.2, -0.15) is 0 Å². The van der Waals surface area contributed by atoms with E-state index in [1.165, 1.54) is 23.5 Å². The highest BCUT2D eigenvalue weighted by Crippen LogP contribution is 2.35. The SMILES string of the molecule is O=C(c1cccnc1Nc1ccc(S(=O)(=O)Nc2nc3cccc(Nc4ccccc4)c3s2)cc1)N1CCN(CCO)CC1. The molecule has 0 bridgehead atoms. The van der Waals surface area contributed by atoms with Crippen molar-refractivity contribution in [3.05, 3.63) is 96.7 Å². The van der Waals surface area contributed by atoms with E-state index >= 15 is 0 Å². The number of hydrogen-bond acceptors (Lipinski definition) is 10. The van der Waals surface area contributed by atoms with Crippen LogP contribution in [0.25, 0.3) is 10.2 Å². The second-order valence-electron chi connectivity index (χ2n) is 10.2. The van der Waals surface area contributed by atoms with Crippen LogP contribution in [-0.2, 0) is 10.0 Å². The lowest BCUT2D eigenvalue weighted by molar-refractivity contribution is 0.0615. The van der Waals surface area contributed by atoms with Crippen LogP contribution in [0.3, 0.4) is 0 Å². The summed E-state index contributed by atoms with van der Waals surface area (Å²) in [5.74, 6) is 0.254. The molecule has 5 aromatic rings. The number of anilines is 5. The van der Waals surface area contributed by atoms with Crippen LogP contribution in [0.4, 0.5) is 28.0 Å². The summed E-state index contributed by atoms with van der Waals surface area (Å²) in [6, 6.07) is 25.0. The van der Waals surface area contributed by atoms with Crippen molar-refractivity contribution in [3.8, 4) is 0 Å². The Bertz CT molecular complexity index is 1860. The second-order valence-corrected chi connectivity index (χ2v) is 12.9. The number of aromatic nitrogens is 2. The number of piperazine rings is 1. The number of aliphatic hydroxyl groups is 1. The molecule has 11 nitrogen and oxygen atoms in total. The lowest BCUT2D eigenvalue weighted by atomic mass is 10.2. The van der Waals surface area contributed by atoms with Gasteiger partial charge in [0, 0.05) is 50.3 Å². The van der Waals surface area contributed by atoms with Crippen LogP contribution in [0.1, 0.15) is 10.4 Å². The first-order valence-electron chi connectivity index (χ1n) is 14.1. The summed E-state index contributed by atoms with van der Waals surface area (Å²) in [6.07, 6.45) is 1.60. The smallest absolute Gasteiger partial charge is 0.263 e. The zero-order valence-electron chi connectivity index (χ0n) is 23.7. The number of amides is 1. The zero-order chi connectivity index (χ0) is 30.5. The van der Waals surface area contributed by atoms with Gasteiger partial charge in [0.25, 0.3) is 15.9 Å². The number of nitrogens with one attached hydrogen (secondary N) is 3. The fraction of sp³-hybridized carbons (Fsp3) is 0.194. The number of nitrogens with zero attached hydrogens (tertiary/aromatic N) is 4. The molecule has 1 aliphatic rings. The monoisotopic (exact) mass is 629 g/mol. The van der Waals surface area contributed by atoms with Crippen LogP contribution < -0.4 is 15.4 Å². The van der Waals surface area contributed by atoms with Crippen LogP contribution in [0.2, 0.25) is 0 Å². The number of aliphatic hydroxyl groups excluding tert-OH is 1. The summed E-state index contributed by atoms with van der Waals surface area (Å²) >= 11 is 1.25. The van der Waals surface area contributed by atoms with Gasteiger partial charge in [0.05, 0.1) is 33.0 Å². The van der Waals surface area contributed by atoms with Gasteiger partial charge in [-0.15, -0.1) is 0 Å². The van der Waals surface area contributed by atoms with E-state index in [-0.39, 0.29) is 22.5 Å². The zero-order valence-corrected chi connectivity index (χ0v) is 25.3. The Labute approximate surface area is 259 Å². The summed E-state index contributed by atoms with van der Waals surface area (Å²) in [5, 5.41) is 16.0. The number of fused-ring (bicyclic) bond motifs is 1. The molecule has 1 aliphatic heterocycles. The van der Waals surface area contributed by atoms with Gasteiger partial charge in [-0.1, -0.05) is 35.6 Å². The number of rotatable bonds is 10. The molecule has 3 heterocycles. The number of para-hydroxylation sites is 1. The molecular weight excluding hydrogens is 599 g/mol. The van der Waals surface area contributed by atoms with Crippen LogP contribution in [0, 0.1) is 0 Å². The lowest BCUT2D eigenvalue weighted by Crippen LogP contribution is -2.49. The third kappa shape index (κ3) is 6.65. The molecule has 0 radical (unpaired) electrons. The first-order chi connectivity index (χ1) is 21.4. The summed E-state index contributed by atoms with van der Waals surface area (Å²) in [4.78, 5) is 26.1. The molecule has 44 heavy (non-hydrogen) atoms. The molecule has 3 aromatic carbocycles. The molecule has 226 valence electrons. The van der Waals surface area contributed by atoms with E-state index in [4.69, 9.17) is 0 Å². The second kappa shape index (κ2) is 13.0. The van der Waals surface area contributed by atoms with Crippen molar-refractivity contribution in [3.63, 3.8) is 0 Å². The van der Waals surface area contributed by atoms with E-state index < -0.39 is 10.0 Å². The number of carbonyl (C=O) groups excluding carboxylic acids is 1. The highest BCUT2D eigenvalue weighted by molar-refractivity contribution is 7.93. The lowest BCUT2D eigenvalue weighted by Gasteiger charge is -2.34. The van der Waals surface area contributed by atoms with Gasteiger partial charge >= 0.3 is 0 Å². The number of benzene rings is 3. The van der Waals surface area contributed by atoms with E-state index in [2.05, 4.69) is 30.2 Å². The first-order valence-corrected chi connectivity index (χ1v) is 16.4. The standard InChI is InChI=1S/C31H31N7O4S2/c39-21-20-37-16-18-38(19-17-37)30(40)25-8-5-15-32-29(25)34-23-11-13-24(14-12-23)44(41,42)36-31-35-27-10-4-9-26(28(27)43-31)33-22-6-2-1-3-7-22/h1-15,33,39H,16-21H2,(H,32,34)(H,35,36). The van der Waals surface area contributed by atoms with Gasteiger partial charge in [-0.05, 0) is 60.7 Å². The van der Waals surface area contributed by atoms with E-state index in [0.717, 1.165) is 16.1 Å². The first kappa shape index (κ1) is 29.5. The molecule has 2 aromatic heterocycles. The van der Waals surface area contributed by atoms with Gasteiger partial charge in [0.2, 0.25) is 0 Å². The molecule has 4 N–H and O–H groups in total. The van der Waals surface area contributed by atoms with E-state index in [9.17, 15) is 18.3 Å². The summed E-state index contributed by atoms with van der Waals surface area (Å²) in [6.45, 7) is 3.20. The Hall–Kier alpha value is -4.56. The average Bonchev–Trinajstić information content (AvgIpc) is 3.45. The molecule has 0 spiro atoms. The normalized spacial score (nSPS) is 14.0. The molecule has 0 unspecified atom stereocenters. The van der Waals surface area contributed by atoms with Gasteiger partial charge in [-0.25, -0.2) is 18.4 Å². The predicted octanol–water partition coefficient (Wildman–Crippen LogP) is 4.73. The molecular formula is C31H31N7O4S2. The van der Waals surface area contributed by atoms with Crippen molar-refractivity contribution in [2.24, 2.45) is 0 Å². The van der Waals surface area contributed by atoms with Gasteiger partial charge in [-0.3, -0.25) is 14.4 Å². The van der Waals surface area contributed by atoms with E-state index in [0.29, 0.717) is 55.3 Å². The van der Waals surface area contributed by atoms with Crippen molar-refractivity contribution >= 4 is 65.5 Å². The molecule has 1 saturated heterocycles. The van der Waals surface area contributed by atoms with Crippen molar-refractivity contribution < 1.29 is 18.3 Å². The van der Waals surface area contributed by atoms with E-state index in [1.807, 2.05) is 48.5 Å². The molecule has 0 saturated carbocycles. The van der Waals surface area contributed by atoms with Gasteiger partial charge in [0.1, 0.15) is 5.82 Å². The largest absolute Gasteiger partial charge is 0.395 e. The highest BCUT2D eigenvalue weighted by atomic mass is 32.2. The average molecular weight is 630 g/mol. The maximum absolute atomic E-state index is 13.3. The fourth-order valence-corrected chi connectivity index (χ4v) is 7.13. The van der Waals surface area contributed by atoms with Crippen molar-refractivity contribution in [2.45, 2.75) is 4.90 Å². The van der Waals surface area contributed by atoms with Crippen LogP contribution in [0.15, 0.2) is 96.0 Å². The quantitative estimate of drug-likeness (QED) is 0.173. The number of β-amino-alcohol motifs (C(OH)–C–C–N with tert-alkyl or cyclic N) is 1. The third-order valence-electron chi connectivity index (χ3n) is 7.23. The minimum atomic E-state index is -3.91. The summed E-state index contributed by atoms with van der Waals surface area (Å²) < 4.78 is 29.9. The summed E-state index contributed by atoms with van der Waals surface area (Å²) in [5.41, 5.74) is 3.45. The third-order valence-corrected chi connectivity index (χ3v) is 9.73. The van der Waals surface area contributed by atoms with Crippen LogP contribution in [0.5, 0.6) is 0 Å². The molecule has 1 fully saturated rings. The maximum atomic E-state index is 13.3.